The largest absolute Gasteiger partial charge is 0.481 e. The number of carbonyl (C=O) groups is 1. The number of carboxylic acid groups (broad SMARTS) is 1. The van der Waals surface area contributed by atoms with Crippen molar-refractivity contribution in [3.05, 3.63) is 30.1 Å². The summed E-state index contributed by atoms with van der Waals surface area (Å²) < 4.78 is 0. The molecule has 19 heavy (non-hydrogen) atoms. The molecule has 102 valence electrons. The number of rotatable bonds is 3. The van der Waals surface area contributed by atoms with Gasteiger partial charge in [-0.25, -0.2) is 0 Å². The predicted molar refractivity (Wildman–Crippen MR) is 71.9 cm³/mol. The lowest BCUT2D eigenvalue weighted by atomic mass is 9.90. The molecule has 2 heterocycles. The minimum absolute atomic E-state index is 0.112. The van der Waals surface area contributed by atoms with Crippen molar-refractivity contribution < 1.29 is 9.90 Å². The topological polar surface area (TPSA) is 53.4 Å². The van der Waals surface area contributed by atoms with Gasteiger partial charge in [0, 0.05) is 37.4 Å². The third-order valence-corrected chi connectivity index (χ3v) is 4.64. The van der Waals surface area contributed by atoms with Gasteiger partial charge in [-0.05, 0) is 30.5 Å². The van der Waals surface area contributed by atoms with E-state index in [0.29, 0.717) is 12.6 Å². The van der Waals surface area contributed by atoms with Gasteiger partial charge >= 0.3 is 5.97 Å². The standard InChI is InChI=1S/C15H20N2O2/c18-15(19)14-10-17(12-3-1-2-4-12)9-13(14)11-5-7-16-8-6-11/h5-8,12-14H,1-4,9-10H2,(H,18,19)/t13-,14+/m0/s1. The van der Waals surface area contributed by atoms with Gasteiger partial charge < -0.3 is 5.11 Å². The Labute approximate surface area is 113 Å². The number of aromatic nitrogens is 1. The molecule has 0 unspecified atom stereocenters. The first-order valence-electron chi connectivity index (χ1n) is 7.12. The minimum Gasteiger partial charge on any atom is -0.481 e. The fourth-order valence-corrected chi connectivity index (χ4v) is 3.60. The van der Waals surface area contributed by atoms with Crippen LogP contribution in [-0.2, 0) is 4.79 Å². The van der Waals surface area contributed by atoms with Crippen LogP contribution in [-0.4, -0.2) is 40.1 Å². The summed E-state index contributed by atoms with van der Waals surface area (Å²) in [5.41, 5.74) is 1.11. The van der Waals surface area contributed by atoms with Crippen molar-refractivity contribution in [2.45, 2.75) is 37.6 Å². The zero-order chi connectivity index (χ0) is 13.2. The van der Waals surface area contributed by atoms with Gasteiger partial charge in [-0.2, -0.15) is 0 Å². The average Bonchev–Trinajstić information content (AvgIpc) is 3.08. The number of likely N-dealkylation sites (tertiary alicyclic amines) is 1. The van der Waals surface area contributed by atoms with Crippen LogP contribution >= 0.6 is 0 Å². The van der Waals surface area contributed by atoms with E-state index in [4.69, 9.17) is 0 Å². The molecule has 0 amide bonds. The number of hydrogen-bond acceptors (Lipinski definition) is 3. The Morgan fingerprint density at radius 1 is 1.21 bits per heavy atom. The zero-order valence-corrected chi connectivity index (χ0v) is 11.0. The van der Waals surface area contributed by atoms with E-state index in [-0.39, 0.29) is 11.8 Å². The molecule has 1 N–H and O–H groups in total. The van der Waals surface area contributed by atoms with Gasteiger partial charge in [-0.15, -0.1) is 0 Å². The van der Waals surface area contributed by atoms with E-state index in [2.05, 4.69) is 9.88 Å². The van der Waals surface area contributed by atoms with Crippen molar-refractivity contribution in [3.63, 3.8) is 0 Å². The lowest BCUT2D eigenvalue weighted by Gasteiger charge is -2.23. The van der Waals surface area contributed by atoms with E-state index in [1.54, 1.807) is 12.4 Å². The second kappa shape index (κ2) is 5.29. The van der Waals surface area contributed by atoms with Crippen LogP contribution in [0.25, 0.3) is 0 Å². The summed E-state index contributed by atoms with van der Waals surface area (Å²) in [5, 5.41) is 9.46. The Bertz CT molecular complexity index is 443. The van der Waals surface area contributed by atoms with Crippen LogP contribution < -0.4 is 0 Å². The first-order valence-corrected chi connectivity index (χ1v) is 7.12. The van der Waals surface area contributed by atoms with E-state index in [1.165, 1.54) is 25.7 Å². The molecule has 2 fully saturated rings. The molecule has 1 saturated carbocycles. The molecule has 1 aliphatic heterocycles. The molecule has 3 rings (SSSR count). The predicted octanol–water partition coefficient (Wildman–Crippen LogP) is 2.12. The summed E-state index contributed by atoms with van der Waals surface area (Å²) in [6, 6.07) is 4.52. The third kappa shape index (κ3) is 2.50. The second-order valence-corrected chi connectivity index (χ2v) is 5.72. The van der Waals surface area contributed by atoms with Crippen LogP contribution in [0.5, 0.6) is 0 Å². The molecule has 0 spiro atoms. The van der Waals surface area contributed by atoms with E-state index in [9.17, 15) is 9.90 Å². The second-order valence-electron chi connectivity index (χ2n) is 5.72. The molecule has 4 heteroatoms. The van der Waals surface area contributed by atoms with Gasteiger partial charge in [0.05, 0.1) is 5.92 Å². The molecule has 1 aromatic rings. The van der Waals surface area contributed by atoms with Gasteiger partial charge in [0.1, 0.15) is 0 Å². The summed E-state index contributed by atoms with van der Waals surface area (Å²) in [5.74, 6) is -0.827. The summed E-state index contributed by atoms with van der Waals surface area (Å²) in [6.07, 6.45) is 8.56. The van der Waals surface area contributed by atoms with Gasteiger partial charge in [0.2, 0.25) is 0 Å². The van der Waals surface area contributed by atoms with Crippen LogP contribution in [0.4, 0.5) is 0 Å². The Kier molecular flexibility index (Phi) is 3.51. The quantitative estimate of drug-likeness (QED) is 0.904. The molecule has 1 aliphatic carbocycles. The SMILES string of the molecule is O=C(O)[C@@H]1CN(C2CCCC2)C[C@H]1c1ccncc1. The fraction of sp³-hybridized carbons (Fsp3) is 0.600. The first-order chi connectivity index (χ1) is 9.25. The van der Waals surface area contributed by atoms with Gasteiger partial charge in [-0.1, -0.05) is 12.8 Å². The third-order valence-electron chi connectivity index (χ3n) is 4.64. The van der Waals surface area contributed by atoms with Crippen LogP contribution in [0, 0.1) is 5.92 Å². The molecule has 0 radical (unpaired) electrons. The van der Waals surface area contributed by atoms with E-state index in [1.807, 2.05) is 12.1 Å². The van der Waals surface area contributed by atoms with Crippen LogP contribution in [0.1, 0.15) is 37.2 Å². The number of nitrogens with zero attached hydrogens (tertiary/aromatic N) is 2. The lowest BCUT2D eigenvalue weighted by Crippen LogP contribution is -2.31. The Morgan fingerprint density at radius 2 is 1.89 bits per heavy atom. The van der Waals surface area contributed by atoms with Crippen molar-refractivity contribution in [1.82, 2.24) is 9.88 Å². The molecule has 1 aromatic heterocycles. The smallest absolute Gasteiger partial charge is 0.308 e. The lowest BCUT2D eigenvalue weighted by molar-refractivity contribution is -0.141. The summed E-state index contributed by atoms with van der Waals surface area (Å²) in [6.45, 7) is 1.58. The van der Waals surface area contributed by atoms with Crippen molar-refractivity contribution in [2.24, 2.45) is 5.92 Å². The first kappa shape index (κ1) is 12.6. The maximum atomic E-state index is 11.5. The highest BCUT2D eigenvalue weighted by Crippen LogP contribution is 2.36. The molecule has 4 nitrogen and oxygen atoms in total. The molecular formula is C15H20N2O2. The highest BCUT2D eigenvalue weighted by atomic mass is 16.4. The van der Waals surface area contributed by atoms with Crippen molar-refractivity contribution in [3.8, 4) is 0 Å². The Balaban J connectivity index is 1.79. The highest BCUT2D eigenvalue weighted by Gasteiger charge is 2.41. The number of pyridine rings is 1. The molecule has 0 aromatic carbocycles. The maximum absolute atomic E-state index is 11.5. The van der Waals surface area contributed by atoms with E-state index < -0.39 is 5.97 Å². The Morgan fingerprint density at radius 3 is 2.53 bits per heavy atom. The molecule has 0 bridgehead atoms. The average molecular weight is 260 g/mol. The van der Waals surface area contributed by atoms with Gasteiger partial charge in [-0.3, -0.25) is 14.7 Å². The van der Waals surface area contributed by atoms with Crippen LogP contribution in [0.15, 0.2) is 24.5 Å². The van der Waals surface area contributed by atoms with E-state index in [0.717, 1.165) is 12.1 Å². The number of hydrogen-bond donors (Lipinski definition) is 1. The maximum Gasteiger partial charge on any atom is 0.308 e. The van der Waals surface area contributed by atoms with Crippen molar-refractivity contribution >= 4 is 5.97 Å². The number of aliphatic carboxylic acids is 1. The number of carboxylic acids is 1. The molecule has 2 atom stereocenters. The van der Waals surface area contributed by atoms with Crippen LogP contribution in [0.2, 0.25) is 0 Å². The summed E-state index contributed by atoms with van der Waals surface area (Å²) >= 11 is 0. The summed E-state index contributed by atoms with van der Waals surface area (Å²) in [7, 11) is 0. The van der Waals surface area contributed by atoms with Crippen molar-refractivity contribution in [2.75, 3.05) is 13.1 Å². The Hall–Kier alpha value is -1.42. The van der Waals surface area contributed by atoms with Gasteiger partial charge in [0.25, 0.3) is 0 Å². The molecular weight excluding hydrogens is 240 g/mol. The van der Waals surface area contributed by atoms with E-state index >= 15 is 0 Å². The summed E-state index contributed by atoms with van der Waals surface area (Å²) in [4.78, 5) is 17.9. The van der Waals surface area contributed by atoms with Gasteiger partial charge in [0.15, 0.2) is 0 Å². The monoisotopic (exact) mass is 260 g/mol. The fourth-order valence-electron chi connectivity index (χ4n) is 3.60. The molecule has 1 saturated heterocycles. The zero-order valence-electron chi connectivity index (χ0n) is 11.0. The normalized spacial score (nSPS) is 28.8. The highest BCUT2D eigenvalue weighted by molar-refractivity contribution is 5.72. The minimum atomic E-state index is -0.665. The molecule has 2 aliphatic rings. The van der Waals surface area contributed by atoms with Crippen LogP contribution in [0.3, 0.4) is 0 Å². The van der Waals surface area contributed by atoms with Crippen molar-refractivity contribution in [1.29, 1.82) is 0 Å².